The van der Waals surface area contributed by atoms with Gasteiger partial charge in [-0.1, -0.05) is 63.6 Å². The van der Waals surface area contributed by atoms with E-state index in [4.69, 9.17) is 0 Å². The van der Waals surface area contributed by atoms with Crippen LogP contribution < -0.4 is 34.7 Å². The molecule has 0 saturated heterocycles. The van der Waals surface area contributed by atoms with Crippen LogP contribution in [0.2, 0.25) is 0 Å². The molecule has 1 aliphatic rings. The van der Waals surface area contributed by atoms with E-state index in [1.54, 1.807) is 36.0 Å². The van der Waals surface area contributed by atoms with E-state index in [9.17, 15) is 59.6 Å². The maximum absolute atomic E-state index is 13.8. The fourth-order valence-electron chi connectivity index (χ4n) is 5.95. The van der Waals surface area contributed by atoms with Gasteiger partial charge in [0.2, 0.25) is 0 Å². The van der Waals surface area contributed by atoms with Crippen LogP contribution >= 0.6 is 11.8 Å². The number of rotatable bonds is 16. The molecule has 0 fully saturated rings. The van der Waals surface area contributed by atoms with Gasteiger partial charge in [0.15, 0.2) is 0 Å². The summed E-state index contributed by atoms with van der Waals surface area (Å²) in [5, 5.41) is 31.1. The van der Waals surface area contributed by atoms with E-state index in [1.807, 2.05) is 18.2 Å². The number of carboxylic acids is 1. The third-order valence-corrected chi connectivity index (χ3v) is 10.2. The van der Waals surface area contributed by atoms with Crippen LogP contribution in [0.1, 0.15) is 88.2 Å². The van der Waals surface area contributed by atoms with E-state index in [0.29, 0.717) is 12.8 Å². The van der Waals surface area contributed by atoms with Gasteiger partial charge in [-0.3, -0.25) is 0 Å². The smallest absolute Gasteiger partial charge is 0.550 e. The normalized spacial score (nSPS) is 19.5. The summed E-state index contributed by atoms with van der Waals surface area (Å²) in [6.07, 6.45) is -6.19. The molecule has 0 radical (unpaired) electrons. The minimum atomic E-state index is -7.01. The summed E-state index contributed by atoms with van der Waals surface area (Å²) in [7, 11) is 0. The Bertz CT molecular complexity index is 1320. The first-order valence-corrected chi connectivity index (χ1v) is 15.9. The monoisotopic (exact) mass is 710 g/mol. The van der Waals surface area contributed by atoms with E-state index in [2.05, 4.69) is 6.92 Å². The Morgan fingerprint density at radius 2 is 1.40 bits per heavy atom. The van der Waals surface area contributed by atoms with Crippen molar-refractivity contribution in [1.29, 1.82) is 0 Å². The number of benzene rings is 2. The second-order valence-electron chi connectivity index (χ2n) is 12.1. The largest absolute Gasteiger partial charge is 1.00 e. The first-order chi connectivity index (χ1) is 21.2. The summed E-state index contributed by atoms with van der Waals surface area (Å²) in [6, 6.07) is 12.4. The third kappa shape index (κ3) is 9.48. The first kappa shape index (κ1) is 41.4. The molecule has 3 rings (SSSR count). The maximum Gasteiger partial charge on any atom is 1.00 e. The number of phenols is 2. The quantitative estimate of drug-likeness (QED) is 0.127. The average molecular weight is 711 g/mol. The minimum Gasteiger partial charge on any atom is -0.550 e. The molecule has 1 heterocycles. The molecule has 0 amide bonds. The molecule has 0 aliphatic carbocycles. The standard InChI is InChI=1S/C32H37F9O4S.Na/c1-28(21-10-12-22(42)13-11-21)19-46-26-18-23(43)14-15-24(26)25(28)9-7-5-3-2-4-6-8-20(27(44)45)16-17-29(33,34)30(35,36)31(37,38)32(39,40)41;/h10-15,18,20,25,42-43H,2-9,16-17,19H2,1H3,(H,44,45);/q;+1/p-1. The number of carbonyl (C=O) groups excluding carboxylic acids is 1. The number of hydrogen-bond donors (Lipinski definition) is 2. The fraction of sp³-hybridized carbons (Fsp3) is 0.594. The van der Waals surface area contributed by atoms with Crippen molar-refractivity contribution in [3.05, 3.63) is 53.6 Å². The van der Waals surface area contributed by atoms with Gasteiger partial charge in [-0.05, 0) is 66.5 Å². The minimum absolute atomic E-state index is 0. The van der Waals surface area contributed by atoms with Crippen molar-refractivity contribution in [3.8, 4) is 11.5 Å². The van der Waals surface area contributed by atoms with Crippen molar-refractivity contribution in [2.45, 2.75) is 111 Å². The second kappa shape index (κ2) is 16.3. The topological polar surface area (TPSA) is 80.6 Å². The van der Waals surface area contributed by atoms with Gasteiger partial charge >= 0.3 is 53.5 Å². The zero-order valence-corrected chi connectivity index (χ0v) is 28.8. The third-order valence-electron chi connectivity index (χ3n) is 8.84. The summed E-state index contributed by atoms with van der Waals surface area (Å²) < 4.78 is 118. The Labute approximate surface area is 293 Å². The van der Waals surface area contributed by atoms with Gasteiger partial charge in [-0.25, -0.2) is 0 Å². The molecule has 2 aromatic carbocycles. The van der Waals surface area contributed by atoms with E-state index in [-0.39, 0.29) is 65.2 Å². The number of unbranched alkanes of at least 4 members (excludes halogenated alkanes) is 5. The van der Waals surface area contributed by atoms with E-state index in [1.165, 1.54) is 0 Å². The SMILES string of the molecule is CC1(c2ccc(O)cc2)CSc2cc(O)ccc2C1CCCCCCCCC(CCC(F)(F)C(F)(F)C(F)(F)C(F)(F)F)C(=O)[O-].[Na+]. The van der Waals surface area contributed by atoms with Gasteiger partial charge in [0, 0.05) is 28.5 Å². The molecule has 258 valence electrons. The van der Waals surface area contributed by atoms with Crippen molar-refractivity contribution in [3.63, 3.8) is 0 Å². The Balaban J connectivity index is 0.00000768. The molecule has 2 aromatic rings. The molecule has 0 aromatic heterocycles. The van der Waals surface area contributed by atoms with Gasteiger partial charge in [0.25, 0.3) is 0 Å². The van der Waals surface area contributed by atoms with Gasteiger partial charge in [-0.2, -0.15) is 39.5 Å². The van der Waals surface area contributed by atoms with Crippen LogP contribution in [-0.2, 0) is 10.2 Å². The number of fused-ring (bicyclic) bond motifs is 1. The van der Waals surface area contributed by atoms with Gasteiger partial charge < -0.3 is 20.1 Å². The summed E-state index contributed by atoms with van der Waals surface area (Å²) >= 11 is 1.65. The van der Waals surface area contributed by atoms with Gasteiger partial charge in [-0.15, -0.1) is 11.8 Å². The Kier molecular flexibility index (Phi) is 14.4. The van der Waals surface area contributed by atoms with Crippen LogP contribution in [0.3, 0.4) is 0 Å². The number of thioether (sulfide) groups is 1. The van der Waals surface area contributed by atoms with Crippen LogP contribution in [0.4, 0.5) is 39.5 Å². The number of halogens is 9. The maximum atomic E-state index is 13.8. The second-order valence-corrected chi connectivity index (χ2v) is 13.1. The Morgan fingerprint density at radius 1 is 0.851 bits per heavy atom. The number of aromatic hydroxyl groups is 2. The summed E-state index contributed by atoms with van der Waals surface area (Å²) in [5.74, 6) is -22.0. The first-order valence-electron chi connectivity index (χ1n) is 14.9. The van der Waals surface area contributed by atoms with Crippen molar-refractivity contribution in [2.24, 2.45) is 5.92 Å². The molecule has 3 unspecified atom stereocenters. The van der Waals surface area contributed by atoms with E-state index >= 15 is 0 Å². The van der Waals surface area contributed by atoms with Crippen LogP contribution in [0, 0.1) is 5.92 Å². The number of aliphatic carboxylic acids is 1. The van der Waals surface area contributed by atoms with Gasteiger partial charge in [0.05, 0.1) is 0 Å². The molecular weight excluding hydrogens is 674 g/mol. The van der Waals surface area contributed by atoms with Crippen LogP contribution in [0.15, 0.2) is 47.4 Å². The number of carbonyl (C=O) groups is 1. The number of alkyl halides is 9. The molecule has 15 heteroatoms. The molecule has 1 aliphatic heterocycles. The summed E-state index contributed by atoms with van der Waals surface area (Å²) in [6.45, 7) is 2.17. The molecule has 3 atom stereocenters. The van der Waals surface area contributed by atoms with Crippen molar-refractivity contribution in [2.75, 3.05) is 5.75 Å². The molecule has 2 N–H and O–H groups in total. The van der Waals surface area contributed by atoms with Crippen molar-refractivity contribution in [1.82, 2.24) is 0 Å². The Hall–Kier alpha value is -1.77. The predicted octanol–water partition coefficient (Wildman–Crippen LogP) is 5.98. The average Bonchev–Trinajstić information content (AvgIpc) is 2.96. The molecular formula is C32H36F9NaO4S. The molecule has 0 spiro atoms. The number of phenolic OH excluding ortho intramolecular Hbond substituents is 2. The fourth-order valence-corrected chi connectivity index (χ4v) is 7.36. The summed E-state index contributed by atoms with van der Waals surface area (Å²) in [5.41, 5.74) is 1.92. The summed E-state index contributed by atoms with van der Waals surface area (Å²) in [4.78, 5) is 12.4. The zero-order valence-electron chi connectivity index (χ0n) is 26.0. The van der Waals surface area contributed by atoms with Crippen LogP contribution in [0.25, 0.3) is 0 Å². The van der Waals surface area contributed by atoms with E-state index < -0.39 is 48.7 Å². The zero-order chi connectivity index (χ0) is 34.6. The predicted molar refractivity (Wildman–Crippen MR) is 153 cm³/mol. The van der Waals surface area contributed by atoms with Crippen molar-refractivity contribution < 1.29 is 89.2 Å². The number of carboxylic acid groups (broad SMARTS) is 1. The van der Waals surface area contributed by atoms with Crippen molar-refractivity contribution >= 4 is 17.7 Å². The molecule has 4 nitrogen and oxygen atoms in total. The van der Waals surface area contributed by atoms with Crippen LogP contribution in [-0.4, -0.2) is 45.9 Å². The molecule has 47 heavy (non-hydrogen) atoms. The van der Waals surface area contributed by atoms with E-state index in [0.717, 1.165) is 47.5 Å². The molecule has 0 saturated carbocycles. The molecule has 0 bridgehead atoms. The Morgan fingerprint density at radius 3 is 1.98 bits per heavy atom. The number of hydrogen-bond acceptors (Lipinski definition) is 5. The van der Waals surface area contributed by atoms with Crippen LogP contribution in [0.5, 0.6) is 11.5 Å². The van der Waals surface area contributed by atoms with Gasteiger partial charge in [0.1, 0.15) is 11.5 Å².